The Hall–Kier alpha value is -2.93. The van der Waals surface area contributed by atoms with Crippen molar-refractivity contribution in [1.82, 2.24) is 9.88 Å². The summed E-state index contributed by atoms with van der Waals surface area (Å²) >= 11 is 0. The fourth-order valence-electron chi connectivity index (χ4n) is 4.54. The molecule has 3 fully saturated rings. The zero-order chi connectivity index (χ0) is 19.3. The van der Waals surface area contributed by atoms with Gasteiger partial charge >= 0.3 is 0 Å². The molecule has 5 rings (SSSR count). The Morgan fingerprint density at radius 2 is 2.00 bits per heavy atom. The molecular formula is C21H21N3O4. The van der Waals surface area contributed by atoms with Gasteiger partial charge in [-0.2, -0.15) is 0 Å². The second-order valence-electron chi connectivity index (χ2n) is 7.68. The van der Waals surface area contributed by atoms with E-state index in [0.717, 1.165) is 18.4 Å². The first-order valence-corrected chi connectivity index (χ1v) is 9.54. The molecule has 144 valence electrons. The van der Waals surface area contributed by atoms with E-state index < -0.39 is 11.5 Å². The highest BCUT2D eigenvalue weighted by Crippen LogP contribution is 2.51. The van der Waals surface area contributed by atoms with Gasteiger partial charge in [-0.05, 0) is 24.5 Å². The molecule has 0 unspecified atom stereocenters. The van der Waals surface area contributed by atoms with Crippen LogP contribution < -0.4 is 10.5 Å². The van der Waals surface area contributed by atoms with Gasteiger partial charge in [-0.25, -0.2) is 4.98 Å². The van der Waals surface area contributed by atoms with E-state index in [1.54, 1.807) is 6.07 Å². The summed E-state index contributed by atoms with van der Waals surface area (Å²) in [7, 11) is 0. The maximum Gasteiger partial charge on any atom is 0.257 e. The molecule has 1 aliphatic carbocycles. The molecule has 1 aromatic heterocycles. The Balaban J connectivity index is 1.27. The molecule has 0 bridgehead atoms. The summed E-state index contributed by atoms with van der Waals surface area (Å²) in [5, 5.41) is 0. The number of ether oxygens (including phenoxy) is 2. The van der Waals surface area contributed by atoms with Crippen LogP contribution in [0.1, 0.15) is 47.6 Å². The van der Waals surface area contributed by atoms with E-state index in [2.05, 4.69) is 17.1 Å². The highest BCUT2D eigenvalue weighted by Gasteiger charge is 2.63. The van der Waals surface area contributed by atoms with E-state index in [1.165, 1.54) is 12.3 Å². The number of benzene rings is 1. The number of carbonyl (C=O) groups excluding carboxylic acids is 2. The molecule has 28 heavy (non-hydrogen) atoms. The first-order valence-electron chi connectivity index (χ1n) is 9.54. The number of amides is 2. The molecule has 1 saturated carbocycles. The number of hydrogen-bond acceptors (Lipinski definition) is 5. The van der Waals surface area contributed by atoms with E-state index in [4.69, 9.17) is 15.2 Å². The Morgan fingerprint density at radius 1 is 1.21 bits per heavy atom. The van der Waals surface area contributed by atoms with Gasteiger partial charge in [-0.3, -0.25) is 9.59 Å². The number of pyridine rings is 1. The maximum absolute atomic E-state index is 13.2. The summed E-state index contributed by atoms with van der Waals surface area (Å²) in [4.78, 5) is 30.5. The summed E-state index contributed by atoms with van der Waals surface area (Å²) < 4.78 is 12.0. The van der Waals surface area contributed by atoms with Gasteiger partial charge in [0.05, 0.1) is 6.04 Å². The molecule has 2 aliphatic heterocycles. The second kappa shape index (κ2) is 6.31. The lowest BCUT2D eigenvalue weighted by Gasteiger charge is -2.42. The van der Waals surface area contributed by atoms with Gasteiger partial charge in [0.1, 0.15) is 12.3 Å². The van der Waals surface area contributed by atoms with Crippen LogP contribution in [0.3, 0.4) is 0 Å². The number of fused-ring (bicyclic) bond motifs is 1. The zero-order valence-corrected chi connectivity index (χ0v) is 15.3. The van der Waals surface area contributed by atoms with Crippen LogP contribution >= 0.6 is 0 Å². The van der Waals surface area contributed by atoms with Crippen LogP contribution in [0.5, 0.6) is 5.88 Å². The predicted molar refractivity (Wildman–Crippen MR) is 99.3 cm³/mol. The molecule has 7 nitrogen and oxygen atoms in total. The summed E-state index contributed by atoms with van der Waals surface area (Å²) in [6.07, 6.45) is 3.90. The number of aromatic nitrogens is 1. The number of hydrogen-bond donors (Lipinski definition) is 1. The lowest BCUT2D eigenvalue weighted by Crippen LogP contribution is -2.56. The molecule has 2 N–H and O–H groups in total. The summed E-state index contributed by atoms with van der Waals surface area (Å²) in [6.45, 7) is 0. The molecule has 3 aliphatic rings. The van der Waals surface area contributed by atoms with Crippen molar-refractivity contribution in [2.24, 2.45) is 5.73 Å². The molecule has 7 heteroatoms. The summed E-state index contributed by atoms with van der Waals surface area (Å²) in [5.41, 5.74) is 6.00. The van der Waals surface area contributed by atoms with Crippen molar-refractivity contribution in [1.29, 1.82) is 0 Å². The molecule has 0 radical (unpaired) electrons. The predicted octanol–water partition coefficient (Wildman–Crippen LogP) is 2.18. The normalized spacial score (nSPS) is 30.9. The van der Waals surface area contributed by atoms with Crippen molar-refractivity contribution in [3.8, 4) is 5.88 Å². The average Bonchev–Trinajstić information content (AvgIpc) is 3.21. The number of nitrogens with two attached hydrogens (primary N) is 1. The van der Waals surface area contributed by atoms with Crippen LogP contribution in [0.2, 0.25) is 0 Å². The number of primary amides is 1. The number of nitrogens with zero attached hydrogens (tertiary/aromatic N) is 2. The molecule has 1 aromatic carbocycles. The minimum atomic E-state index is -0.788. The third-order valence-electron chi connectivity index (χ3n) is 5.92. The molecule has 2 saturated heterocycles. The Labute approximate surface area is 162 Å². The maximum atomic E-state index is 13.2. The van der Waals surface area contributed by atoms with Crippen LogP contribution in [-0.4, -0.2) is 39.6 Å². The lowest BCUT2D eigenvalue weighted by atomic mass is 9.76. The molecule has 2 amide bonds. The molecule has 3 heterocycles. The molecule has 2 atom stereocenters. The van der Waals surface area contributed by atoms with E-state index in [0.29, 0.717) is 24.3 Å². The largest absolute Gasteiger partial charge is 0.474 e. The van der Waals surface area contributed by atoms with E-state index >= 15 is 0 Å². The minimum absolute atomic E-state index is 0.0579. The molecular weight excluding hydrogens is 358 g/mol. The zero-order valence-electron chi connectivity index (χ0n) is 15.3. The Kier molecular flexibility index (Phi) is 3.87. The first-order chi connectivity index (χ1) is 13.6. The molecule has 2 aromatic rings. The van der Waals surface area contributed by atoms with Crippen molar-refractivity contribution < 1.29 is 19.1 Å². The fraction of sp³-hybridized carbons (Fsp3) is 0.381. The quantitative estimate of drug-likeness (QED) is 0.879. The topological polar surface area (TPSA) is 94.8 Å². The van der Waals surface area contributed by atoms with Gasteiger partial charge in [0.2, 0.25) is 11.8 Å². The third-order valence-corrected chi connectivity index (χ3v) is 5.92. The van der Waals surface area contributed by atoms with Gasteiger partial charge in [0.25, 0.3) is 5.91 Å². The van der Waals surface area contributed by atoms with Crippen LogP contribution in [0.25, 0.3) is 0 Å². The second-order valence-corrected chi connectivity index (χ2v) is 7.68. The van der Waals surface area contributed by atoms with Gasteiger partial charge < -0.3 is 20.1 Å². The van der Waals surface area contributed by atoms with Gasteiger partial charge in [0.15, 0.2) is 5.60 Å². The van der Waals surface area contributed by atoms with E-state index in [1.807, 2.05) is 23.1 Å². The highest BCUT2D eigenvalue weighted by atomic mass is 16.6. The van der Waals surface area contributed by atoms with Gasteiger partial charge in [-0.15, -0.1) is 0 Å². The molecule has 1 spiro atoms. The van der Waals surface area contributed by atoms with Crippen LogP contribution in [0, 0.1) is 0 Å². The smallest absolute Gasteiger partial charge is 0.257 e. The SMILES string of the molecule is NC(=O)c1ccnc(OC2CC3(C2)O[C@@H]2CC[C@@H](c4ccccc4)N2C3=O)c1. The van der Waals surface area contributed by atoms with Crippen LogP contribution in [-0.2, 0) is 9.53 Å². The fourth-order valence-corrected chi connectivity index (χ4v) is 4.54. The average molecular weight is 379 g/mol. The summed E-state index contributed by atoms with van der Waals surface area (Å²) in [5.74, 6) is -0.133. The Bertz CT molecular complexity index is 926. The number of rotatable bonds is 4. The highest BCUT2D eigenvalue weighted by molar-refractivity contribution is 5.93. The first kappa shape index (κ1) is 17.2. The van der Waals surface area contributed by atoms with Crippen LogP contribution in [0.15, 0.2) is 48.7 Å². The summed E-state index contributed by atoms with van der Waals surface area (Å²) in [6, 6.07) is 13.3. The van der Waals surface area contributed by atoms with E-state index in [-0.39, 0.29) is 24.3 Å². The Morgan fingerprint density at radius 3 is 2.75 bits per heavy atom. The van der Waals surface area contributed by atoms with Crippen molar-refractivity contribution in [3.05, 3.63) is 59.8 Å². The van der Waals surface area contributed by atoms with Crippen LogP contribution in [0.4, 0.5) is 0 Å². The standard InChI is InChI=1S/C21H21N3O4/c22-19(25)14-8-9-23-17(10-14)27-15-11-21(12-15)20(26)24-16(6-7-18(24)28-21)13-4-2-1-3-5-13/h1-5,8-10,15-16,18H,6-7,11-12H2,(H2,22,25)/t15?,16-,18+,21?/m0/s1. The third kappa shape index (κ3) is 2.65. The van der Waals surface area contributed by atoms with Crippen molar-refractivity contribution in [2.75, 3.05) is 0 Å². The lowest BCUT2D eigenvalue weighted by molar-refractivity contribution is -0.162. The van der Waals surface area contributed by atoms with Gasteiger partial charge in [-0.1, -0.05) is 30.3 Å². The minimum Gasteiger partial charge on any atom is -0.474 e. The van der Waals surface area contributed by atoms with Crippen molar-refractivity contribution >= 4 is 11.8 Å². The van der Waals surface area contributed by atoms with Gasteiger partial charge in [0, 0.05) is 30.7 Å². The van der Waals surface area contributed by atoms with Crippen molar-refractivity contribution in [2.45, 2.75) is 49.7 Å². The van der Waals surface area contributed by atoms with Crippen molar-refractivity contribution in [3.63, 3.8) is 0 Å². The number of carbonyl (C=O) groups is 2. The monoisotopic (exact) mass is 379 g/mol. The van der Waals surface area contributed by atoms with E-state index in [9.17, 15) is 9.59 Å².